The van der Waals surface area contributed by atoms with E-state index in [-0.39, 0.29) is 16.4 Å². The Hall–Kier alpha value is -2.74. The molecule has 0 aromatic heterocycles. The Morgan fingerprint density at radius 2 is 1.82 bits per heavy atom. The standard InChI is InChI=1S/C14H11N3O4S/c1-16(10-5-3-2-4-6-10)14-12-8-7-11(17(18)19)9-13(12)22(20,21)15-14/h2-9H,1H3. The molecule has 2 aromatic rings. The molecule has 0 radical (unpaired) electrons. The van der Waals surface area contributed by atoms with Crippen LogP contribution in [-0.4, -0.2) is 26.2 Å². The van der Waals surface area contributed by atoms with Crippen LogP contribution in [0.25, 0.3) is 0 Å². The van der Waals surface area contributed by atoms with Gasteiger partial charge in [-0.2, -0.15) is 8.42 Å². The Labute approximate surface area is 126 Å². The first-order chi connectivity index (χ1) is 10.4. The van der Waals surface area contributed by atoms with Crippen molar-refractivity contribution in [3.8, 4) is 0 Å². The molecule has 7 nitrogen and oxygen atoms in total. The Kier molecular flexibility index (Phi) is 3.18. The zero-order valence-electron chi connectivity index (χ0n) is 11.5. The number of amidine groups is 1. The van der Waals surface area contributed by atoms with Crippen LogP contribution in [0, 0.1) is 10.1 Å². The van der Waals surface area contributed by atoms with Crippen LogP contribution in [0.5, 0.6) is 0 Å². The topological polar surface area (TPSA) is 92.9 Å². The third-order valence-corrected chi connectivity index (χ3v) is 4.67. The van der Waals surface area contributed by atoms with Crippen molar-refractivity contribution in [2.75, 3.05) is 11.9 Å². The van der Waals surface area contributed by atoms with Crippen molar-refractivity contribution in [1.82, 2.24) is 0 Å². The van der Waals surface area contributed by atoms with Gasteiger partial charge >= 0.3 is 0 Å². The molecule has 112 valence electrons. The van der Waals surface area contributed by atoms with Crippen molar-refractivity contribution in [3.05, 3.63) is 64.2 Å². The van der Waals surface area contributed by atoms with Gasteiger partial charge in [0.05, 0.1) is 4.92 Å². The predicted octanol–water partition coefficient (Wildman–Crippen LogP) is 2.18. The summed E-state index contributed by atoms with van der Waals surface area (Å²) in [7, 11) is -2.23. The largest absolute Gasteiger partial charge is 0.328 e. The second-order valence-electron chi connectivity index (χ2n) is 4.72. The molecule has 0 atom stereocenters. The van der Waals surface area contributed by atoms with Crippen molar-refractivity contribution in [2.24, 2.45) is 4.40 Å². The Bertz CT molecular complexity index is 892. The quantitative estimate of drug-likeness (QED) is 0.625. The molecule has 0 fully saturated rings. The van der Waals surface area contributed by atoms with Crippen LogP contribution in [0.15, 0.2) is 57.8 Å². The third-order valence-electron chi connectivity index (χ3n) is 3.36. The minimum Gasteiger partial charge on any atom is -0.328 e. The summed E-state index contributed by atoms with van der Waals surface area (Å²) in [4.78, 5) is 11.7. The summed E-state index contributed by atoms with van der Waals surface area (Å²) < 4.78 is 28.0. The van der Waals surface area contributed by atoms with Crippen molar-refractivity contribution in [2.45, 2.75) is 4.90 Å². The number of nitro benzene ring substituents is 1. The van der Waals surface area contributed by atoms with E-state index in [9.17, 15) is 18.5 Å². The van der Waals surface area contributed by atoms with Crippen LogP contribution in [0.4, 0.5) is 11.4 Å². The smallest absolute Gasteiger partial charge is 0.285 e. The highest BCUT2D eigenvalue weighted by atomic mass is 32.2. The van der Waals surface area contributed by atoms with E-state index in [1.165, 1.54) is 12.1 Å². The molecule has 3 rings (SSSR count). The van der Waals surface area contributed by atoms with Gasteiger partial charge in [-0.1, -0.05) is 18.2 Å². The van der Waals surface area contributed by atoms with E-state index in [1.54, 1.807) is 11.9 Å². The summed E-state index contributed by atoms with van der Waals surface area (Å²) >= 11 is 0. The van der Waals surface area contributed by atoms with Gasteiger partial charge in [-0.15, -0.1) is 4.40 Å². The molecule has 0 N–H and O–H groups in total. The number of hydrogen-bond acceptors (Lipinski definition) is 5. The molecule has 2 aromatic carbocycles. The highest BCUT2D eigenvalue weighted by Gasteiger charge is 2.33. The average molecular weight is 317 g/mol. The molecule has 8 heteroatoms. The summed E-state index contributed by atoms with van der Waals surface area (Å²) in [6.45, 7) is 0. The van der Waals surface area contributed by atoms with Crippen LogP contribution in [0.3, 0.4) is 0 Å². The number of anilines is 1. The molecule has 0 saturated heterocycles. The van der Waals surface area contributed by atoms with Crippen LogP contribution in [0.2, 0.25) is 0 Å². The molecular weight excluding hydrogens is 306 g/mol. The lowest BCUT2D eigenvalue weighted by Crippen LogP contribution is -2.25. The number of non-ortho nitro benzene ring substituents is 1. The molecule has 1 heterocycles. The van der Waals surface area contributed by atoms with Crippen LogP contribution in [-0.2, 0) is 10.0 Å². The van der Waals surface area contributed by atoms with Gasteiger partial charge in [0.15, 0.2) is 5.84 Å². The maximum Gasteiger partial charge on any atom is 0.285 e. The number of nitro groups is 1. The van der Waals surface area contributed by atoms with E-state index in [0.29, 0.717) is 5.56 Å². The second-order valence-corrected chi connectivity index (χ2v) is 6.29. The van der Waals surface area contributed by atoms with Gasteiger partial charge in [0.1, 0.15) is 4.90 Å². The Balaban J connectivity index is 2.13. The van der Waals surface area contributed by atoms with Crippen molar-refractivity contribution >= 4 is 27.2 Å². The molecular formula is C14H11N3O4S. The SMILES string of the molecule is CN(C1=NS(=O)(=O)c2cc([N+](=O)[O-])ccc21)c1ccccc1. The number of nitrogens with zero attached hydrogens (tertiary/aromatic N) is 3. The zero-order chi connectivity index (χ0) is 15.9. The number of para-hydroxylation sites is 1. The fourth-order valence-corrected chi connectivity index (χ4v) is 3.50. The van der Waals surface area contributed by atoms with Crippen molar-refractivity contribution < 1.29 is 13.3 Å². The third kappa shape index (κ3) is 2.23. The average Bonchev–Trinajstić information content (AvgIpc) is 2.78. The van der Waals surface area contributed by atoms with Crippen molar-refractivity contribution in [3.63, 3.8) is 0 Å². The highest BCUT2D eigenvalue weighted by Crippen LogP contribution is 2.31. The van der Waals surface area contributed by atoms with Gasteiger partial charge in [0, 0.05) is 30.4 Å². The van der Waals surface area contributed by atoms with E-state index in [2.05, 4.69) is 4.40 Å². The molecule has 0 aliphatic carbocycles. The lowest BCUT2D eigenvalue weighted by molar-refractivity contribution is -0.385. The van der Waals surface area contributed by atoms with E-state index < -0.39 is 14.9 Å². The van der Waals surface area contributed by atoms with Crippen LogP contribution < -0.4 is 4.90 Å². The minimum absolute atomic E-state index is 0.139. The first kappa shape index (κ1) is 14.2. The predicted molar refractivity (Wildman–Crippen MR) is 81.7 cm³/mol. The van der Waals surface area contributed by atoms with E-state index >= 15 is 0 Å². The Morgan fingerprint density at radius 1 is 1.14 bits per heavy atom. The normalized spacial score (nSPS) is 15.0. The fourth-order valence-electron chi connectivity index (χ4n) is 2.25. The molecule has 1 aliphatic rings. The molecule has 1 aliphatic heterocycles. The Morgan fingerprint density at radius 3 is 2.45 bits per heavy atom. The molecule has 0 bridgehead atoms. The van der Waals surface area contributed by atoms with E-state index in [1.807, 2.05) is 30.3 Å². The fraction of sp³-hybridized carbons (Fsp3) is 0.0714. The highest BCUT2D eigenvalue weighted by molar-refractivity contribution is 7.90. The molecule has 0 amide bonds. The van der Waals surface area contributed by atoms with Gasteiger partial charge < -0.3 is 4.90 Å². The second kappa shape index (κ2) is 4.92. The van der Waals surface area contributed by atoms with Gasteiger partial charge in [0.25, 0.3) is 15.7 Å². The number of hydrogen-bond donors (Lipinski definition) is 0. The number of sulfonamides is 1. The van der Waals surface area contributed by atoms with E-state index in [0.717, 1.165) is 11.8 Å². The maximum atomic E-state index is 12.1. The number of rotatable bonds is 2. The van der Waals surface area contributed by atoms with Gasteiger partial charge in [0.2, 0.25) is 0 Å². The summed E-state index contributed by atoms with van der Waals surface area (Å²) in [5.74, 6) is 0.246. The van der Waals surface area contributed by atoms with E-state index in [4.69, 9.17) is 0 Å². The summed E-state index contributed by atoms with van der Waals surface area (Å²) in [5.41, 5.74) is 0.848. The van der Waals surface area contributed by atoms with Crippen LogP contribution in [0.1, 0.15) is 5.56 Å². The lowest BCUT2D eigenvalue weighted by Gasteiger charge is -2.18. The summed E-state index contributed by atoms with van der Waals surface area (Å²) in [6, 6.07) is 12.9. The lowest BCUT2D eigenvalue weighted by atomic mass is 10.1. The number of fused-ring (bicyclic) bond motifs is 1. The van der Waals surface area contributed by atoms with Gasteiger partial charge in [-0.05, 0) is 18.2 Å². The maximum absolute atomic E-state index is 12.1. The van der Waals surface area contributed by atoms with Gasteiger partial charge in [-0.3, -0.25) is 10.1 Å². The molecule has 22 heavy (non-hydrogen) atoms. The minimum atomic E-state index is -3.92. The molecule has 0 unspecified atom stereocenters. The summed E-state index contributed by atoms with van der Waals surface area (Å²) in [6.07, 6.45) is 0. The van der Waals surface area contributed by atoms with Crippen molar-refractivity contribution in [1.29, 1.82) is 0 Å². The van der Waals surface area contributed by atoms with Crippen LogP contribution >= 0.6 is 0 Å². The molecule has 0 spiro atoms. The zero-order valence-corrected chi connectivity index (χ0v) is 12.3. The number of benzene rings is 2. The monoisotopic (exact) mass is 317 g/mol. The first-order valence-electron chi connectivity index (χ1n) is 6.33. The molecule has 0 saturated carbocycles. The first-order valence-corrected chi connectivity index (χ1v) is 7.77. The van der Waals surface area contributed by atoms with Gasteiger partial charge in [-0.25, -0.2) is 0 Å². The summed E-state index contributed by atoms with van der Waals surface area (Å²) in [5, 5.41) is 10.8.